The first-order valence-corrected chi connectivity index (χ1v) is 13.0. The predicted octanol–water partition coefficient (Wildman–Crippen LogP) is 7.65. The summed E-state index contributed by atoms with van der Waals surface area (Å²) in [5, 5.41) is 0. The number of ketones is 1. The Morgan fingerprint density at radius 1 is 1.00 bits per heavy atom. The van der Waals surface area contributed by atoms with E-state index in [4.69, 9.17) is 0 Å². The highest BCUT2D eigenvalue weighted by Crippen LogP contribution is 2.42. The molecule has 3 nitrogen and oxygen atoms in total. The molecule has 0 aliphatic carbocycles. The summed E-state index contributed by atoms with van der Waals surface area (Å²) in [7, 11) is 2.17. The molecule has 186 valence electrons. The van der Waals surface area contributed by atoms with Gasteiger partial charge in [-0.3, -0.25) is 9.69 Å². The number of hydrogen-bond acceptors (Lipinski definition) is 3. The minimum absolute atomic E-state index is 0.316. The highest BCUT2D eigenvalue weighted by Gasteiger charge is 2.30. The van der Waals surface area contributed by atoms with Gasteiger partial charge >= 0.3 is 0 Å². The van der Waals surface area contributed by atoms with Crippen LogP contribution in [0, 0.1) is 10.8 Å². The molecular formula is C29H54N2O. The number of hydrogen-bond donors (Lipinski definition) is 0. The van der Waals surface area contributed by atoms with Crippen molar-refractivity contribution in [1.29, 1.82) is 0 Å². The maximum atomic E-state index is 11.9. The molecule has 0 aliphatic heterocycles. The molecule has 0 aromatic heterocycles. The van der Waals surface area contributed by atoms with Crippen molar-refractivity contribution < 1.29 is 4.79 Å². The van der Waals surface area contributed by atoms with Crippen LogP contribution in [0.1, 0.15) is 100 Å². The first-order valence-electron chi connectivity index (χ1n) is 13.0. The molecule has 0 N–H and O–H groups in total. The molecule has 0 heterocycles. The lowest BCUT2D eigenvalue weighted by Gasteiger charge is -2.37. The second kappa shape index (κ2) is 15.5. The Bertz CT molecular complexity index is 617. The van der Waals surface area contributed by atoms with Crippen molar-refractivity contribution in [2.24, 2.45) is 10.8 Å². The Hall–Kier alpha value is -1.35. The fourth-order valence-corrected chi connectivity index (χ4v) is 4.27. The second-order valence-corrected chi connectivity index (χ2v) is 10.5. The number of rotatable bonds is 18. The van der Waals surface area contributed by atoms with Gasteiger partial charge in [0.1, 0.15) is 5.78 Å². The molecule has 0 bridgehead atoms. The number of carbonyl (C=O) groups is 1. The van der Waals surface area contributed by atoms with Gasteiger partial charge in [-0.2, -0.15) is 0 Å². The van der Waals surface area contributed by atoms with Crippen molar-refractivity contribution in [3.63, 3.8) is 0 Å². The molecule has 0 radical (unpaired) electrons. The summed E-state index contributed by atoms with van der Waals surface area (Å²) >= 11 is 0. The Morgan fingerprint density at radius 2 is 1.66 bits per heavy atom. The van der Waals surface area contributed by atoms with Crippen LogP contribution in [0.3, 0.4) is 0 Å². The Balaban J connectivity index is 5.53. The van der Waals surface area contributed by atoms with E-state index in [1.54, 1.807) is 0 Å². The monoisotopic (exact) mass is 446 g/mol. The zero-order valence-corrected chi connectivity index (χ0v) is 23.0. The summed E-state index contributed by atoms with van der Waals surface area (Å²) in [5.74, 6) is 0.316. The molecule has 32 heavy (non-hydrogen) atoms. The van der Waals surface area contributed by atoms with Gasteiger partial charge in [0.2, 0.25) is 0 Å². The minimum Gasteiger partial charge on any atom is -0.373 e. The normalized spacial score (nSPS) is 15.1. The minimum atomic E-state index is 0.316. The van der Waals surface area contributed by atoms with Crippen molar-refractivity contribution in [2.75, 3.05) is 33.2 Å². The van der Waals surface area contributed by atoms with Gasteiger partial charge in [0.15, 0.2) is 0 Å². The summed E-state index contributed by atoms with van der Waals surface area (Å²) in [6.07, 6.45) is 14.1. The smallest absolute Gasteiger partial charge is 0.146 e. The third-order valence-electron chi connectivity index (χ3n) is 7.21. The molecule has 0 aromatic carbocycles. The average molecular weight is 447 g/mol. The third kappa shape index (κ3) is 11.5. The average Bonchev–Trinajstić information content (AvgIpc) is 2.77. The van der Waals surface area contributed by atoms with Crippen molar-refractivity contribution in [2.45, 2.75) is 100 Å². The number of likely N-dealkylation sites (N-methyl/N-ethyl adjacent to an activating group) is 2. The zero-order chi connectivity index (χ0) is 24.8. The summed E-state index contributed by atoms with van der Waals surface area (Å²) in [5.41, 5.74) is 3.32. The lowest BCUT2D eigenvalue weighted by molar-refractivity contribution is -0.119. The molecule has 0 saturated carbocycles. The maximum Gasteiger partial charge on any atom is 0.146 e. The van der Waals surface area contributed by atoms with Crippen molar-refractivity contribution >= 4 is 5.78 Å². The van der Waals surface area contributed by atoms with Crippen LogP contribution >= 0.6 is 0 Å². The SMILES string of the molecule is C=C/C(CCC(C)(CC)CC(C)(C)CC)=C(\C=C/CC)N(C)CCN(CC)CC(=O)CC. The molecule has 0 spiro atoms. The molecule has 0 aromatic rings. The first kappa shape index (κ1) is 30.6. The molecule has 0 saturated heterocycles. The molecular weight excluding hydrogens is 392 g/mol. The number of carbonyl (C=O) groups excluding carboxylic acids is 1. The van der Waals surface area contributed by atoms with Gasteiger partial charge in [0, 0.05) is 32.3 Å². The molecule has 0 rings (SSSR count). The van der Waals surface area contributed by atoms with Gasteiger partial charge in [-0.15, -0.1) is 0 Å². The van der Waals surface area contributed by atoms with Gasteiger partial charge in [-0.05, 0) is 54.7 Å². The summed E-state index contributed by atoms with van der Waals surface area (Å²) in [6.45, 7) is 25.6. The van der Waals surface area contributed by atoms with Crippen LogP contribution < -0.4 is 0 Å². The zero-order valence-electron chi connectivity index (χ0n) is 23.0. The Labute approximate surface area is 201 Å². The Morgan fingerprint density at radius 3 is 2.12 bits per heavy atom. The van der Waals surface area contributed by atoms with Gasteiger partial charge in [0.05, 0.1) is 6.54 Å². The standard InChI is InChI=1S/C29H54N2O/c1-11-17-18-27(30(10)21-22-31(16-6)23-26(32)13-3)25(12-2)19-20-29(9,15-5)24-28(7,8)14-4/h12,17-18H,2,11,13-16,19-24H2,1,3-10H3/b18-17-,27-25-. The lowest BCUT2D eigenvalue weighted by Crippen LogP contribution is -2.36. The van der Waals surface area contributed by atoms with E-state index in [0.717, 1.165) is 32.5 Å². The van der Waals surface area contributed by atoms with Crippen LogP contribution in [-0.2, 0) is 4.79 Å². The van der Waals surface area contributed by atoms with Crippen LogP contribution in [0.15, 0.2) is 36.1 Å². The summed E-state index contributed by atoms with van der Waals surface area (Å²) in [6, 6.07) is 0. The first-order chi connectivity index (χ1) is 15.0. The van der Waals surface area contributed by atoms with Gasteiger partial charge in [-0.1, -0.05) is 87.0 Å². The van der Waals surface area contributed by atoms with Gasteiger partial charge in [-0.25, -0.2) is 0 Å². The lowest BCUT2D eigenvalue weighted by atomic mass is 9.69. The number of Topliss-reactive ketones (excluding diaryl/α,β-unsaturated/α-hetero) is 1. The number of nitrogens with zero attached hydrogens (tertiary/aromatic N) is 2. The van der Waals surface area contributed by atoms with E-state index in [1.807, 2.05) is 6.92 Å². The van der Waals surface area contributed by atoms with Crippen LogP contribution in [0.25, 0.3) is 0 Å². The van der Waals surface area contributed by atoms with E-state index in [1.165, 1.54) is 37.0 Å². The van der Waals surface area contributed by atoms with E-state index < -0.39 is 0 Å². The van der Waals surface area contributed by atoms with E-state index in [0.29, 0.717) is 29.6 Å². The van der Waals surface area contributed by atoms with Crippen LogP contribution in [0.2, 0.25) is 0 Å². The third-order valence-corrected chi connectivity index (χ3v) is 7.21. The fourth-order valence-electron chi connectivity index (χ4n) is 4.27. The number of allylic oxidation sites excluding steroid dienone is 4. The summed E-state index contributed by atoms with van der Waals surface area (Å²) < 4.78 is 0. The molecule has 1 atom stereocenters. The van der Waals surface area contributed by atoms with E-state index in [9.17, 15) is 4.79 Å². The molecule has 1 unspecified atom stereocenters. The van der Waals surface area contributed by atoms with Gasteiger partial charge in [0.25, 0.3) is 0 Å². The van der Waals surface area contributed by atoms with E-state index in [-0.39, 0.29) is 0 Å². The van der Waals surface area contributed by atoms with Crippen molar-refractivity contribution in [1.82, 2.24) is 9.80 Å². The second-order valence-electron chi connectivity index (χ2n) is 10.5. The highest BCUT2D eigenvalue weighted by molar-refractivity contribution is 5.80. The van der Waals surface area contributed by atoms with Crippen LogP contribution in [-0.4, -0.2) is 48.8 Å². The molecule has 0 fully saturated rings. The summed E-state index contributed by atoms with van der Waals surface area (Å²) in [4.78, 5) is 16.5. The molecule has 0 amide bonds. The highest BCUT2D eigenvalue weighted by atomic mass is 16.1. The van der Waals surface area contributed by atoms with Crippen LogP contribution in [0.5, 0.6) is 0 Å². The largest absolute Gasteiger partial charge is 0.373 e. The van der Waals surface area contributed by atoms with E-state index in [2.05, 4.69) is 90.1 Å². The van der Waals surface area contributed by atoms with Crippen LogP contribution in [0.4, 0.5) is 0 Å². The van der Waals surface area contributed by atoms with Crippen molar-refractivity contribution in [3.8, 4) is 0 Å². The Kier molecular flexibility index (Phi) is 14.8. The molecule has 0 aliphatic rings. The maximum absolute atomic E-state index is 11.9. The fraction of sp³-hybridized carbons (Fsp3) is 0.759. The van der Waals surface area contributed by atoms with Crippen molar-refractivity contribution in [3.05, 3.63) is 36.1 Å². The quantitative estimate of drug-likeness (QED) is 0.202. The predicted molar refractivity (Wildman–Crippen MR) is 143 cm³/mol. The molecule has 3 heteroatoms. The van der Waals surface area contributed by atoms with E-state index >= 15 is 0 Å². The topological polar surface area (TPSA) is 23.6 Å². The van der Waals surface area contributed by atoms with Gasteiger partial charge < -0.3 is 4.90 Å².